The van der Waals surface area contributed by atoms with E-state index in [-0.39, 0.29) is 11.3 Å². The summed E-state index contributed by atoms with van der Waals surface area (Å²) in [5.41, 5.74) is -0.167. The molecule has 7 heteroatoms. The van der Waals surface area contributed by atoms with Crippen LogP contribution in [-0.2, 0) is 18.4 Å². The zero-order valence-electron chi connectivity index (χ0n) is 14.2. The van der Waals surface area contributed by atoms with Gasteiger partial charge in [-0.05, 0) is 25.7 Å². The van der Waals surface area contributed by atoms with Crippen molar-refractivity contribution in [3.8, 4) is 0 Å². The third kappa shape index (κ3) is 2.17. The van der Waals surface area contributed by atoms with Gasteiger partial charge in [-0.15, -0.1) is 10.2 Å². The molecule has 0 spiro atoms. The van der Waals surface area contributed by atoms with Crippen LogP contribution in [0.4, 0.5) is 0 Å². The lowest BCUT2D eigenvalue weighted by Crippen LogP contribution is -2.36. The van der Waals surface area contributed by atoms with Crippen molar-refractivity contribution in [1.82, 2.24) is 24.6 Å². The number of aromatic nitrogens is 4. The van der Waals surface area contributed by atoms with Crippen molar-refractivity contribution in [2.75, 3.05) is 13.1 Å². The summed E-state index contributed by atoms with van der Waals surface area (Å²) in [6.45, 7) is 6.17. The van der Waals surface area contributed by atoms with Gasteiger partial charge in [0.1, 0.15) is 0 Å². The van der Waals surface area contributed by atoms with Crippen LogP contribution in [0.15, 0.2) is 16.8 Å². The van der Waals surface area contributed by atoms with Crippen molar-refractivity contribution in [3.05, 3.63) is 30.0 Å². The highest BCUT2D eigenvalue weighted by atomic mass is 16.4. The van der Waals surface area contributed by atoms with Gasteiger partial charge in [-0.2, -0.15) is 0 Å². The number of imidazole rings is 1. The Bertz CT molecular complexity index is 752. The van der Waals surface area contributed by atoms with Crippen molar-refractivity contribution in [1.29, 1.82) is 0 Å². The molecule has 0 aromatic carbocycles. The van der Waals surface area contributed by atoms with Gasteiger partial charge in [0.05, 0.1) is 5.41 Å². The van der Waals surface area contributed by atoms with Gasteiger partial charge in [0.25, 0.3) is 5.91 Å². The lowest BCUT2D eigenvalue weighted by molar-refractivity contribution is 0.0758. The Morgan fingerprint density at radius 2 is 2.29 bits per heavy atom. The van der Waals surface area contributed by atoms with E-state index in [0.29, 0.717) is 24.2 Å². The Morgan fingerprint density at radius 3 is 3.04 bits per heavy atom. The zero-order valence-corrected chi connectivity index (χ0v) is 14.2. The zero-order chi connectivity index (χ0) is 16.7. The number of hydrogen-bond acceptors (Lipinski definition) is 5. The maximum Gasteiger partial charge on any atom is 0.289 e. The molecule has 0 unspecified atom stereocenters. The number of nitrogens with zero attached hydrogens (tertiary/aromatic N) is 5. The summed E-state index contributed by atoms with van der Waals surface area (Å²) < 4.78 is 7.80. The first-order valence-electron chi connectivity index (χ1n) is 8.81. The van der Waals surface area contributed by atoms with E-state index in [9.17, 15) is 4.79 Å². The fourth-order valence-corrected chi connectivity index (χ4v) is 4.30. The highest BCUT2D eigenvalue weighted by Gasteiger charge is 2.55. The van der Waals surface area contributed by atoms with E-state index in [1.807, 2.05) is 29.5 Å². The molecule has 2 fully saturated rings. The van der Waals surface area contributed by atoms with Gasteiger partial charge in [-0.3, -0.25) is 4.79 Å². The molecule has 1 aliphatic carbocycles. The summed E-state index contributed by atoms with van der Waals surface area (Å²) in [5.74, 6) is 2.32. The van der Waals surface area contributed by atoms with Gasteiger partial charge in [-0.1, -0.05) is 13.3 Å². The summed E-state index contributed by atoms with van der Waals surface area (Å²) in [6, 6.07) is 0. The molecule has 3 heterocycles. The largest absolute Gasteiger partial charge is 0.425 e. The number of hydrogen-bond donors (Lipinski definition) is 0. The normalized spacial score (nSPS) is 26.1. The molecule has 0 radical (unpaired) electrons. The lowest BCUT2D eigenvalue weighted by atomic mass is 9.80. The molecule has 128 valence electrons. The topological polar surface area (TPSA) is 77.1 Å². The monoisotopic (exact) mass is 329 g/mol. The van der Waals surface area contributed by atoms with Crippen molar-refractivity contribution in [2.24, 2.45) is 5.92 Å². The molecule has 2 aromatic rings. The average Bonchev–Trinajstić information content (AvgIpc) is 3.34. The first-order chi connectivity index (χ1) is 11.7. The molecule has 4 rings (SSSR count). The Labute approximate surface area is 141 Å². The molecule has 1 saturated carbocycles. The fraction of sp³-hybridized carbons (Fsp3) is 0.647. The van der Waals surface area contributed by atoms with Gasteiger partial charge in [-0.25, -0.2) is 4.98 Å². The molecule has 1 saturated heterocycles. The van der Waals surface area contributed by atoms with Gasteiger partial charge in [0.2, 0.25) is 11.8 Å². The van der Waals surface area contributed by atoms with E-state index in [2.05, 4.69) is 15.2 Å². The fourth-order valence-electron chi connectivity index (χ4n) is 4.30. The molecule has 0 N–H and O–H groups in total. The van der Waals surface area contributed by atoms with Gasteiger partial charge in [0.15, 0.2) is 5.82 Å². The number of rotatable bonds is 4. The van der Waals surface area contributed by atoms with E-state index < -0.39 is 0 Å². The molecule has 2 aliphatic rings. The summed E-state index contributed by atoms with van der Waals surface area (Å²) >= 11 is 0. The number of aryl methyl sites for hydroxylation is 2. The molecule has 2 atom stereocenters. The predicted octanol–water partition coefficient (Wildman–Crippen LogP) is 2.04. The quantitative estimate of drug-likeness (QED) is 0.858. The molecule has 1 amide bonds. The second-order valence-corrected chi connectivity index (χ2v) is 6.82. The Kier molecular flexibility index (Phi) is 3.66. The van der Waals surface area contributed by atoms with Crippen molar-refractivity contribution >= 4 is 5.91 Å². The first-order valence-corrected chi connectivity index (χ1v) is 8.81. The summed E-state index contributed by atoms with van der Waals surface area (Å²) in [6.07, 6.45) is 7.55. The minimum absolute atomic E-state index is 0.00542. The van der Waals surface area contributed by atoms with Crippen LogP contribution >= 0.6 is 0 Å². The van der Waals surface area contributed by atoms with Gasteiger partial charge >= 0.3 is 0 Å². The first kappa shape index (κ1) is 15.4. The van der Waals surface area contributed by atoms with Crippen molar-refractivity contribution < 1.29 is 9.21 Å². The van der Waals surface area contributed by atoms with Crippen LogP contribution in [0.3, 0.4) is 0 Å². The third-order valence-electron chi connectivity index (χ3n) is 5.60. The minimum Gasteiger partial charge on any atom is -0.425 e. The maximum atomic E-state index is 12.9. The summed E-state index contributed by atoms with van der Waals surface area (Å²) in [5, 5.41) is 8.46. The summed E-state index contributed by atoms with van der Waals surface area (Å²) in [7, 11) is 0. The Morgan fingerprint density at radius 1 is 1.42 bits per heavy atom. The van der Waals surface area contributed by atoms with Crippen LogP contribution in [0.2, 0.25) is 0 Å². The molecule has 7 nitrogen and oxygen atoms in total. The number of amides is 1. The number of carbonyl (C=O) groups is 1. The van der Waals surface area contributed by atoms with E-state index in [1.54, 1.807) is 6.20 Å². The second-order valence-electron chi connectivity index (χ2n) is 6.82. The van der Waals surface area contributed by atoms with Crippen molar-refractivity contribution in [2.45, 2.75) is 51.5 Å². The average molecular weight is 329 g/mol. The molecule has 24 heavy (non-hydrogen) atoms. The minimum atomic E-state index is -0.167. The standard InChI is InChI=1S/C17H23N5O2/c1-3-13-19-20-16(24-13)17-7-5-6-12(17)10-22(11-17)15(23)14-18-8-9-21(14)4-2/h8-9,12H,3-7,10-11H2,1-2H3/t12-,17-/m0/s1. The highest BCUT2D eigenvalue weighted by Crippen LogP contribution is 2.50. The second kappa shape index (κ2) is 5.72. The maximum absolute atomic E-state index is 12.9. The summed E-state index contributed by atoms with van der Waals surface area (Å²) in [4.78, 5) is 19.1. The van der Waals surface area contributed by atoms with E-state index in [4.69, 9.17) is 4.42 Å². The van der Waals surface area contributed by atoms with Crippen LogP contribution < -0.4 is 0 Å². The molecule has 2 aromatic heterocycles. The SMILES string of the molecule is CCc1nnc([C@]23CCC[C@H]2CN(C(=O)c2nccn2CC)C3)o1. The van der Waals surface area contributed by atoms with Crippen LogP contribution in [0.1, 0.15) is 55.5 Å². The van der Waals surface area contributed by atoms with E-state index >= 15 is 0 Å². The highest BCUT2D eigenvalue weighted by molar-refractivity contribution is 5.91. The molecule has 0 bridgehead atoms. The smallest absolute Gasteiger partial charge is 0.289 e. The van der Waals surface area contributed by atoms with Crippen LogP contribution in [0.25, 0.3) is 0 Å². The third-order valence-corrected chi connectivity index (χ3v) is 5.60. The number of carbonyl (C=O) groups excluding carboxylic acids is 1. The van der Waals surface area contributed by atoms with E-state index in [1.165, 1.54) is 0 Å². The number of fused-ring (bicyclic) bond motifs is 1. The molecular formula is C17H23N5O2. The van der Waals surface area contributed by atoms with Crippen molar-refractivity contribution in [3.63, 3.8) is 0 Å². The van der Waals surface area contributed by atoms with Crippen LogP contribution in [-0.4, -0.2) is 43.6 Å². The molecular weight excluding hydrogens is 306 g/mol. The Hall–Kier alpha value is -2.18. The van der Waals surface area contributed by atoms with Gasteiger partial charge in [0, 0.05) is 38.4 Å². The van der Waals surface area contributed by atoms with Gasteiger partial charge < -0.3 is 13.9 Å². The number of likely N-dealkylation sites (tertiary alicyclic amines) is 1. The molecule has 1 aliphatic heterocycles. The van der Waals surface area contributed by atoms with Crippen LogP contribution in [0, 0.1) is 5.92 Å². The lowest BCUT2D eigenvalue weighted by Gasteiger charge is -2.24. The predicted molar refractivity (Wildman–Crippen MR) is 86.5 cm³/mol. The van der Waals surface area contributed by atoms with E-state index in [0.717, 1.165) is 44.7 Å². The van der Waals surface area contributed by atoms with Crippen LogP contribution in [0.5, 0.6) is 0 Å². The Balaban J connectivity index is 1.62.